The highest BCUT2D eigenvalue weighted by Gasteiger charge is 2.21. The minimum Gasteiger partial charge on any atom is -0.378 e. The maximum atomic E-state index is 12.4. The second kappa shape index (κ2) is 12.6. The van der Waals surface area contributed by atoms with Gasteiger partial charge in [0.1, 0.15) is 18.0 Å². The van der Waals surface area contributed by atoms with Crippen LogP contribution in [-0.2, 0) is 16.1 Å². The van der Waals surface area contributed by atoms with Crippen LogP contribution in [0.25, 0.3) is 0 Å². The molecule has 4 rings (SSSR count). The van der Waals surface area contributed by atoms with Crippen molar-refractivity contribution < 1.29 is 9.53 Å². The zero-order valence-electron chi connectivity index (χ0n) is 20.3. The van der Waals surface area contributed by atoms with E-state index in [1.165, 1.54) is 5.69 Å². The van der Waals surface area contributed by atoms with Crippen LogP contribution in [0.5, 0.6) is 0 Å². The van der Waals surface area contributed by atoms with E-state index in [0.717, 1.165) is 88.8 Å². The number of nitrogens with zero attached hydrogens (tertiary/aromatic N) is 4. The lowest BCUT2D eigenvalue weighted by atomic mass is 9.92. The number of hydrogen-bond donors (Lipinski definition) is 2. The number of hydrogen-bond acceptors (Lipinski definition) is 7. The van der Waals surface area contributed by atoms with Crippen LogP contribution in [0.1, 0.15) is 44.6 Å². The summed E-state index contributed by atoms with van der Waals surface area (Å²) in [5.74, 6) is 2.61. The molecule has 8 heteroatoms. The molecule has 184 valence electrons. The van der Waals surface area contributed by atoms with Gasteiger partial charge in [0.05, 0.1) is 13.2 Å². The van der Waals surface area contributed by atoms with Crippen molar-refractivity contribution in [3.8, 4) is 0 Å². The Bertz CT molecular complexity index is 892. The van der Waals surface area contributed by atoms with E-state index in [-0.39, 0.29) is 5.91 Å². The third kappa shape index (κ3) is 7.06. The lowest BCUT2D eigenvalue weighted by Crippen LogP contribution is -2.36. The summed E-state index contributed by atoms with van der Waals surface area (Å²) >= 11 is 0. The number of ether oxygens (including phenoxy) is 1. The number of anilines is 3. The Balaban J connectivity index is 1.14. The minimum atomic E-state index is 0.141. The molecule has 1 aromatic heterocycles. The van der Waals surface area contributed by atoms with E-state index in [4.69, 9.17) is 4.74 Å². The molecule has 8 nitrogen and oxygen atoms in total. The van der Waals surface area contributed by atoms with E-state index in [1.807, 2.05) is 6.07 Å². The van der Waals surface area contributed by atoms with Gasteiger partial charge in [-0.25, -0.2) is 9.97 Å². The van der Waals surface area contributed by atoms with Crippen LogP contribution >= 0.6 is 0 Å². The number of piperidine rings is 1. The molecule has 2 aliphatic rings. The van der Waals surface area contributed by atoms with Gasteiger partial charge < -0.3 is 25.2 Å². The monoisotopic (exact) mass is 466 g/mol. The fourth-order valence-corrected chi connectivity index (χ4v) is 4.59. The Kier molecular flexibility index (Phi) is 8.96. The topological polar surface area (TPSA) is 82.6 Å². The van der Waals surface area contributed by atoms with Crippen LogP contribution in [0, 0.1) is 5.92 Å². The van der Waals surface area contributed by atoms with Crippen LogP contribution in [-0.4, -0.2) is 61.8 Å². The van der Waals surface area contributed by atoms with Gasteiger partial charge in [0.2, 0.25) is 5.91 Å². The molecular formula is C26H38N6O2. The molecular weight excluding hydrogens is 428 g/mol. The fraction of sp³-hybridized carbons (Fsp3) is 0.577. The number of carbonyl (C=O) groups excluding carboxylic acids is 1. The van der Waals surface area contributed by atoms with Crippen molar-refractivity contribution in [1.29, 1.82) is 0 Å². The number of aromatic nitrogens is 2. The zero-order valence-corrected chi connectivity index (χ0v) is 20.3. The smallest absolute Gasteiger partial charge is 0.220 e. The molecule has 0 aliphatic carbocycles. The van der Waals surface area contributed by atoms with Crippen LogP contribution in [0.3, 0.4) is 0 Å². The highest BCUT2D eigenvalue weighted by molar-refractivity contribution is 5.75. The van der Waals surface area contributed by atoms with Crippen molar-refractivity contribution in [3.63, 3.8) is 0 Å². The number of nitrogens with one attached hydrogen (secondary N) is 2. The number of rotatable bonds is 10. The highest BCUT2D eigenvalue weighted by atomic mass is 16.5. The average Bonchev–Trinajstić information content (AvgIpc) is 2.91. The first-order valence-electron chi connectivity index (χ1n) is 12.7. The average molecular weight is 467 g/mol. The number of morpholine rings is 1. The van der Waals surface area contributed by atoms with Gasteiger partial charge >= 0.3 is 0 Å². The quantitative estimate of drug-likeness (QED) is 0.555. The second-order valence-corrected chi connectivity index (χ2v) is 9.20. The molecule has 2 fully saturated rings. The highest BCUT2D eigenvalue weighted by Crippen LogP contribution is 2.26. The molecule has 0 radical (unpaired) electrons. The molecule has 1 amide bonds. The van der Waals surface area contributed by atoms with Gasteiger partial charge in [-0.05, 0) is 49.3 Å². The summed E-state index contributed by atoms with van der Waals surface area (Å²) < 4.78 is 5.42. The van der Waals surface area contributed by atoms with Gasteiger partial charge in [0.25, 0.3) is 0 Å². The Morgan fingerprint density at radius 2 is 1.82 bits per heavy atom. The van der Waals surface area contributed by atoms with Gasteiger partial charge in [-0.1, -0.05) is 19.1 Å². The maximum absolute atomic E-state index is 12.4. The molecule has 2 aromatic rings. The van der Waals surface area contributed by atoms with Gasteiger partial charge in [-0.2, -0.15) is 0 Å². The van der Waals surface area contributed by atoms with Crippen molar-refractivity contribution in [2.45, 2.75) is 45.6 Å². The number of carbonyl (C=O) groups is 1. The van der Waals surface area contributed by atoms with Crippen LogP contribution in [0.15, 0.2) is 36.7 Å². The minimum absolute atomic E-state index is 0.141. The molecule has 3 heterocycles. The summed E-state index contributed by atoms with van der Waals surface area (Å²) in [6, 6.07) is 10.5. The van der Waals surface area contributed by atoms with Crippen molar-refractivity contribution in [3.05, 3.63) is 42.2 Å². The van der Waals surface area contributed by atoms with E-state index in [9.17, 15) is 4.79 Å². The fourth-order valence-electron chi connectivity index (χ4n) is 4.59. The van der Waals surface area contributed by atoms with Gasteiger partial charge in [0, 0.05) is 57.4 Å². The maximum Gasteiger partial charge on any atom is 0.220 e. The van der Waals surface area contributed by atoms with E-state index < -0.39 is 0 Å². The van der Waals surface area contributed by atoms with Gasteiger partial charge in [0.15, 0.2) is 0 Å². The summed E-state index contributed by atoms with van der Waals surface area (Å²) in [5, 5.41) is 6.42. The Morgan fingerprint density at radius 3 is 2.56 bits per heavy atom. The van der Waals surface area contributed by atoms with E-state index in [1.54, 1.807) is 6.33 Å². The molecule has 2 N–H and O–H groups in total. The number of benzene rings is 1. The molecule has 2 aliphatic heterocycles. The molecule has 0 atom stereocenters. The summed E-state index contributed by atoms with van der Waals surface area (Å²) in [7, 11) is 0. The van der Waals surface area contributed by atoms with E-state index in [2.05, 4.69) is 61.6 Å². The SMILES string of the molecule is CCCNc1cc(N2CCC(CCC(=O)NCc3ccc(N4CCOCC4)cc3)CC2)ncn1. The van der Waals surface area contributed by atoms with Crippen LogP contribution in [0.2, 0.25) is 0 Å². The summed E-state index contributed by atoms with van der Waals surface area (Å²) in [4.78, 5) is 25.8. The summed E-state index contributed by atoms with van der Waals surface area (Å²) in [6.07, 6.45) is 6.44. The Morgan fingerprint density at radius 1 is 1.06 bits per heavy atom. The number of amides is 1. The van der Waals surface area contributed by atoms with Gasteiger partial charge in [-0.3, -0.25) is 4.79 Å². The van der Waals surface area contributed by atoms with Crippen molar-refractivity contribution in [1.82, 2.24) is 15.3 Å². The normalized spacial score (nSPS) is 17.0. The predicted molar refractivity (Wildman–Crippen MR) is 136 cm³/mol. The second-order valence-electron chi connectivity index (χ2n) is 9.20. The predicted octanol–water partition coefficient (Wildman–Crippen LogP) is 3.45. The molecule has 0 spiro atoms. The van der Waals surface area contributed by atoms with Crippen molar-refractivity contribution in [2.24, 2.45) is 5.92 Å². The molecule has 0 saturated carbocycles. The first kappa shape index (κ1) is 24.3. The Hall–Kier alpha value is -2.87. The Labute approximate surface area is 203 Å². The third-order valence-electron chi connectivity index (χ3n) is 6.73. The van der Waals surface area contributed by atoms with Gasteiger partial charge in [-0.15, -0.1) is 0 Å². The molecule has 34 heavy (non-hydrogen) atoms. The summed E-state index contributed by atoms with van der Waals surface area (Å²) in [5.41, 5.74) is 2.36. The lowest BCUT2D eigenvalue weighted by Gasteiger charge is -2.32. The van der Waals surface area contributed by atoms with Crippen LogP contribution in [0.4, 0.5) is 17.3 Å². The first-order valence-corrected chi connectivity index (χ1v) is 12.7. The first-order chi connectivity index (χ1) is 16.7. The van der Waals surface area contributed by atoms with Crippen molar-refractivity contribution in [2.75, 3.05) is 61.1 Å². The summed E-state index contributed by atoms with van der Waals surface area (Å²) in [6.45, 7) is 9.05. The van der Waals surface area contributed by atoms with E-state index in [0.29, 0.717) is 18.9 Å². The standard InChI is InChI=1S/C26H38N6O2/c1-2-11-27-24-18-25(30-20-29-24)32-12-9-21(10-13-32)5-8-26(33)28-19-22-3-6-23(7-4-22)31-14-16-34-17-15-31/h3-4,6-7,18,20-21H,2,5,8-17,19H2,1H3,(H,28,33)(H,27,29,30). The van der Waals surface area contributed by atoms with Crippen LogP contribution < -0.4 is 20.4 Å². The molecule has 2 saturated heterocycles. The van der Waals surface area contributed by atoms with E-state index >= 15 is 0 Å². The largest absolute Gasteiger partial charge is 0.378 e. The third-order valence-corrected chi connectivity index (χ3v) is 6.73. The molecule has 1 aromatic carbocycles. The van der Waals surface area contributed by atoms with Crippen molar-refractivity contribution >= 4 is 23.2 Å². The molecule has 0 unspecified atom stereocenters. The lowest BCUT2D eigenvalue weighted by molar-refractivity contribution is -0.121. The zero-order chi connectivity index (χ0) is 23.6. The molecule has 0 bridgehead atoms.